The Balaban J connectivity index is 2.14. The smallest absolute Gasteiger partial charge is 0.240 e. The second-order valence-corrected chi connectivity index (χ2v) is 7.82. The maximum absolute atomic E-state index is 13.6. The van der Waals surface area contributed by atoms with Crippen molar-refractivity contribution in [1.29, 1.82) is 0 Å². The number of aliphatic hydroxyl groups is 1. The van der Waals surface area contributed by atoms with Gasteiger partial charge >= 0.3 is 0 Å². The molecule has 0 heterocycles. The zero-order valence-electron chi connectivity index (χ0n) is 11.8. The van der Waals surface area contributed by atoms with Crippen LogP contribution in [0.5, 0.6) is 0 Å². The predicted molar refractivity (Wildman–Crippen MR) is 79.0 cm³/mol. The fraction of sp³-hybridized carbons (Fsp3) is 0.571. The molecule has 0 amide bonds. The van der Waals surface area contributed by atoms with Crippen LogP contribution in [0, 0.1) is 17.7 Å². The first-order valence-corrected chi connectivity index (χ1v) is 8.78. The molecule has 21 heavy (non-hydrogen) atoms. The van der Waals surface area contributed by atoms with Crippen molar-refractivity contribution >= 4 is 21.6 Å². The Morgan fingerprint density at radius 1 is 1.43 bits per heavy atom. The second-order valence-electron chi connectivity index (χ2n) is 5.67. The normalized spacial score (nSPS) is 22.7. The Morgan fingerprint density at radius 3 is 2.71 bits per heavy atom. The summed E-state index contributed by atoms with van der Waals surface area (Å²) in [7, 11) is -3.80. The Bertz CT molecular complexity index is 621. The lowest BCUT2D eigenvalue weighted by Crippen LogP contribution is -2.28. The fourth-order valence-corrected chi connectivity index (χ4v) is 4.06. The van der Waals surface area contributed by atoms with E-state index in [1.54, 1.807) is 0 Å². The maximum Gasteiger partial charge on any atom is 0.240 e. The molecule has 1 fully saturated rings. The van der Waals surface area contributed by atoms with Crippen LogP contribution >= 0.6 is 11.6 Å². The standard InChI is InChI=1S/C14H19ClFNO3S/c1-9-2-3-10(4-9)7-17-21(19,20)12-5-11(8-18)14(15)13(16)6-12/h5-6,9-10,17-18H,2-4,7-8H2,1H3. The summed E-state index contributed by atoms with van der Waals surface area (Å²) in [5, 5.41) is 8.85. The summed E-state index contributed by atoms with van der Waals surface area (Å²) in [6.07, 6.45) is 3.11. The molecule has 2 atom stereocenters. The van der Waals surface area contributed by atoms with Crippen LogP contribution < -0.4 is 4.72 Å². The molecule has 1 aliphatic rings. The molecule has 0 spiro atoms. The van der Waals surface area contributed by atoms with Crippen LogP contribution in [-0.4, -0.2) is 20.1 Å². The highest BCUT2D eigenvalue weighted by Crippen LogP contribution is 2.30. The summed E-state index contributed by atoms with van der Waals surface area (Å²) in [5.41, 5.74) is 0.0616. The molecule has 2 unspecified atom stereocenters. The lowest BCUT2D eigenvalue weighted by atomic mass is 10.1. The first-order valence-electron chi connectivity index (χ1n) is 6.92. The van der Waals surface area contributed by atoms with Gasteiger partial charge in [-0.2, -0.15) is 0 Å². The maximum atomic E-state index is 13.6. The SMILES string of the molecule is CC1CCC(CNS(=O)(=O)c2cc(F)c(Cl)c(CO)c2)C1. The van der Waals surface area contributed by atoms with Gasteiger partial charge in [0.2, 0.25) is 10.0 Å². The molecule has 0 bridgehead atoms. The molecule has 7 heteroatoms. The molecule has 1 aromatic rings. The minimum absolute atomic E-state index is 0.0616. The third kappa shape index (κ3) is 3.94. The largest absolute Gasteiger partial charge is 0.392 e. The third-order valence-electron chi connectivity index (χ3n) is 3.92. The van der Waals surface area contributed by atoms with Crippen LogP contribution in [0.1, 0.15) is 31.7 Å². The molecular weight excluding hydrogens is 317 g/mol. The Morgan fingerprint density at radius 2 is 2.14 bits per heavy atom. The van der Waals surface area contributed by atoms with E-state index in [0.717, 1.165) is 25.3 Å². The highest BCUT2D eigenvalue weighted by molar-refractivity contribution is 7.89. The van der Waals surface area contributed by atoms with Crippen LogP contribution in [0.25, 0.3) is 0 Å². The number of sulfonamides is 1. The van der Waals surface area contributed by atoms with Gasteiger partial charge in [0.25, 0.3) is 0 Å². The topological polar surface area (TPSA) is 66.4 Å². The fourth-order valence-electron chi connectivity index (χ4n) is 2.71. The average molecular weight is 336 g/mol. The van der Waals surface area contributed by atoms with E-state index in [0.29, 0.717) is 18.4 Å². The Kier molecular flexibility index (Phi) is 5.24. The molecule has 2 N–H and O–H groups in total. The Hall–Kier alpha value is -0.690. The highest BCUT2D eigenvalue weighted by atomic mass is 35.5. The van der Waals surface area contributed by atoms with Crippen molar-refractivity contribution in [2.24, 2.45) is 11.8 Å². The summed E-state index contributed by atoms with van der Waals surface area (Å²) in [6, 6.07) is 2.08. The van der Waals surface area contributed by atoms with Crippen molar-refractivity contribution in [2.75, 3.05) is 6.54 Å². The monoisotopic (exact) mass is 335 g/mol. The van der Waals surface area contributed by atoms with Gasteiger partial charge in [-0.15, -0.1) is 0 Å². The minimum atomic E-state index is -3.80. The van der Waals surface area contributed by atoms with E-state index in [4.69, 9.17) is 16.7 Å². The molecule has 2 rings (SSSR count). The molecular formula is C14H19ClFNO3S. The van der Waals surface area contributed by atoms with E-state index in [2.05, 4.69) is 11.6 Å². The number of benzene rings is 1. The predicted octanol–water partition coefficient (Wildman–Crippen LogP) is 2.69. The van der Waals surface area contributed by atoms with Gasteiger partial charge in [-0.25, -0.2) is 17.5 Å². The summed E-state index contributed by atoms with van der Waals surface area (Å²) in [4.78, 5) is -0.209. The van der Waals surface area contributed by atoms with Crippen LogP contribution in [0.2, 0.25) is 5.02 Å². The van der Waals surface area contributed by atoms with Crippen molar-refractivity contribution in [2.45, 2.75) is 37.7 Å². The summed E-state index contributed by atoms with van der Waals surface area (Å²) in [5.74, 6) is 0.0933. The van der Waals surface area contributed by atoms with E-state index < -0.39 is 22.4 Å². The molecule has 1 aromatic carbocycles. The second kappa shape index (κ2) is 6.60. The van der Waals surface area contributed by atoms with Crippen LogP contribution in [0.4, 0.5) is 4.39 Å². The zero-order chi connectivity index (χ0) is 15.6. The molecule has 0 aliphatic heterocycles. The zero-order valence-corrected chi connectivity index (χ0v) is 13.3. The molecule has 4 nitrogen and oxygen atoms in total. The first kappa shape index (κ1) is 16.7. The van der Waals surface area contributed by atoms with Crippen molar-refractivity contribution < 1.29 is 17.9 Å². The highest BCUT2D eigenvalue weighted by Gasteiger charge is 2.24. The van der Waals surface area contributed by atoms with Gasteiger partial charge < -0.3 is 5.11 Å². The molecule has 1 saturated carbocycles. The first-order chi connectivity index (χ1) is 9.83. The van der Waals surface area contributed by atoms with Gasteiger partial charge in [0.1, 0.15) is 5.82 Å². The van der Waals surface area contributed by atoms with E-state index in [9.17, 15) is 12.8 Å². The van der Waals surface area contributed by atoms with Gasteiger partial charge in [0.05, 0.1) is 16.5 Å². The van der Waals surface area contributed by atoms with Gasteiger partial charge in [-0.1, -0.05) is 24.9 Å². The summed E-state index contributed by atoms with van der Waals surface area (Å²) in [6.45, 7) is 1.99. The molecule has 0 aromatic heterocycles. The lowest BCUT2D eigenvalue weighted by Gasteiger charge is -2.13. The lowest BCUT2D eigenvalue weighted by molar-refractivity contribution is 0.281. The van der Waals surface area contributed by atoms with E-state index in [1.807, 2.05) is 0 Å². The van der Waals surface area contributed by atoms with E-state index >= 15 is 0 Å². The van der Waals surface area contributed by atoms with E-state index in [1.165, 1.54) is 6.07 Å². The third-order valence-corrected chi connectivity index (χ3v) is 5.75. The van der Waals surface area contributed by atoms with Gasteiger partial charge in [-0.3, -0.25) is 0 Å². The van der Waals surface area contributed by atoms with Crippen LogP contribution in [0.15, 0.2) is 17.0 Å². The molecule has 1 aliphatic carbocycles. The van der Waals surface area contributed by atoms with E-state index in [-0.39, 0.29) is 15.5 Å². The van der Waals surface area contributed by atoms with Gasteiger partial charge in [0.15, 0.2) is 0 Å². The number of aliphatic hydroxyl groups excluding tert-OH is 1. The number of nitrogens with one attached hydrogen (secondary N) is 1. The number of rotatable bonds is 5. The Labute approximate surface area is 129 Å². The van der Waals surface area contributed by atoms with Crippen LogP contribution in [0.3, 0.4) is 0 Å². The van der Waals surface area contributed by atoms with Crippen molar-refractivity contribution in [3.8, 4) is 0 Å². The number of hydrogen-bond donors (Lipinski definition) is 2. The number of halogens is 2. The van der Waals surface area contributed by atoms with Crippen molar-refractivity contribution in [1.82, 2.24) is 4.72 Å². The minimum Gasteiger partial charge on any atom is -0.392 e. The molecule has 118 valence electrons. The van der Waals surface area contributed by atoms with Crippen molar-refractivity contribution in [3.63, 3.8) is 0 Å². The van der Waals surface area contributed by atoms with Crippen molar-refractivity contribution in [3.05, 3.63) is 28.5 Å². The summed E-state index contributed by atoms with van der Waals surface area (Å²) >= 11 is 5.66. The molecule has 0 radical (unpaired) electrons. The average Bonchev–Trinajstić information content (AvgIpc) is 2.85. The van der Waals surface area contributed by atoms with Gasteiger partial charge in [0, 0.05) is 12.1 Å². The molecule has 0 saturated heterocycles. The van der Waals surface area contributed by atoms with Crippen LogP contribution in [-0.2, 0) is 16.6 Å². The number of hydrogen-bond acceptors (Lipinski definition) is 3. The quantitative estimate of drug-likeness (QED) is 0.869. The summed E-state index contributed by atoms with van der Waals surface area (Å²) < 4.78 is 40.5. The van der Waals surface area contributed by atoms with Gasteiger partial charge in [-0.05, 0) is 36.8 Å².